The van der Waals surface area contributed by atoms with Crippen LogP contribution < -0.4 is 10.4 Å². The molecule has 0 bridgehead atoms. The maximum Gasteiger partial charge on any atom is 0.351 e. The number of nitrogens with zero attached hydrogens (tertiary/aromatic N) is 2. The van der Waals surface area contributed by atoms with Crippen LogP contribution in [0.5, 0.6) is 6.01 Å². The van der Waals surface area contributed by atoms with Crippen molar-refractivity contribution in [1.29, 1.82) is 0 Å². The van der Waals surface area contributed by atoms with E-state index in [-0.39, 0.29) is 23.0 Å². The molecule has 7 heteroatoms. The summed E-state index contributed by atoms with van der Waals surface area (Å²) in [5.41, 5.74) is -0.743. The van der Waals surface area contributed by atoms with Crippen molar-refractivity contribution in [2.24, 2.45) is 0 Å². The molecule has 1 heterocycles. The Morgan fingerprint density at radius 2 is 1.94 bits per heavy atom. The molecule has 0 saturated carbocycles. The first-order valence-corrected chi connectivity index (χ1v) is 5.00. The highest BCUT2D eigenvalue weighted by atomic mass is 19.2. The number of H-pyrrole nitrogens is 1. The maximum atomic E-state index is 13.7. The van der Waals surface area contributed by atoms with E-state index in [1.165, 1.54) is 26.2 Å². The molecular formula is C11H9F2N3O2. The van der Waals surface area contributed by atoms with Crippen molar-refractivity contribution in [3.05, 3.63) is 39.8 Å². The number of methoxy groups -OCH3 is 1. The van der Waals surface area contributed by atoms with Gasteiger partial charge in [0.05, 0.1) is 12.7 Å². The van der Waals surface area contributed by atoms with Crippen LogP contribution in [-0.2, 0) is 0 Å². The minimum absolute atomic E-state index is 0.136. The molecule has 0 aliphatic rings. The average molecular weight is 253 g/mol. The molecular weight excluding hydrogens is 244 g/mol. The van der Waals surface area contributed by atoms with Crippen LogP contribution in [0.3, 0.4) is 0 Å². The maximum absolute atomic E-state index is 13.7. The molecule has 1 aromatic carbocycles. The van der Waals surface area contributed by atoms with Crippen molar-refractivity contribution < 1.29 is 13.5 Å². The second-order valence-electron chi connectivity index (χ2n) is 3.55. The third-order valence-electron chi connectivity index (χ3n) is 2.34. The Balaban J connectivity index is 2.66. The van der Waals surface area contributed by atoms with E-state index < -0.39 is 17.3 Å². The molecule has 2 aromatic rings. The average Bonchev–Trinajstić information content (AvgIpc) is 2.35. The molecule has 0 saturated heterocycles. The number of hydrogen-bond donors (Lipinski definition) is 1. The number of aryl methyl sites for hydroxylation is 1. The zero-order valence-electron chi connectivity index (χ0n) is 9.62. The van der Waals surface area contributed by atoms with Gasteiger partial charge in [0.15, 0.2) is 11.6 Å². The standard InChI is InChI=1S/C11H9F2N3O2/c1-5-3-4-6(8(13)7(5)12)9-14-10(17)16-11(15-9)18-2/h3-4H,1-2H3,(H,14,15,16,17). The number of benzene rings is 1. The number of rotatable bonds is 2. The molecule has 0 spiro atoms. The Kier molecular flexibility index (Phi) is 3.05. The third kappa shape index (κ3) is 2.06. The molecule has 0 fully saturated rings. The summed E-state index contributed by atoms with van der Waals surface area (Å²) >= 11 is 0. The van der Waals surface area contributed by atoms with Crippen LogP contribution in [0.4, 0.5) is 8.78 Å². The smallest absolute Gasteiger partial charge is 0.351 e. The largest absolute Gasteiger partial charge is 0.467 e. The van der Waals surface area contributed by atoms with Crippen LogP contribution >= 0.6 is 0 Å². The highest BCUT2D eigenvalue weighted by molar-refractivity contribution is 5.56. The lowest BCUT2D eigenvalue weighted by Gasteiger charge is -2.05. The number of halogens is 2. The molecule has 0 unspecified atom stereocenters. The molecule has 5 nitrogen and oxygen atoms in total. The number of aromatic nitrogens is 3. The van der Waals surface area contributed by atoms with Crippen molar-refractivity contribution in [3.63, 3.8) is 0 Å². The van der Waals surface area contributed by atoms with Crippen LogP contribution in [0.25, 0.3) is 11.4 Å². The SMILES string of the molecule is COc1nc(-c2ccc(C)c(F)c2F)[nH]c(=O)n1. The molecule has 0 aliphatic carbocycles. The summed E-state index contributed by atoms with van der Waals surface area (Å²) in [6.07, 6.45) is 0. The summed E-state index contributed by atoms with van der Waals surface area (Å²) in [7, 11) is 1.27. The van der Waals surface area contributed by atoms with Gasteiger partial charge >= 0.3 is 11.7 Å². The summed E-state index contributed by atoms with van der Waals surface area (Å²) in [5.74, 6) is -2.19. The van der Waals surface area contributed by atoms with Crippen molar-refractivity contribution >= 4 is 0 Å². The fourth-order valence-corrected chi connectivity index (χ4v) is 1.41. The summed E-state index contributed by atoms with van der Waals surface area (Å²) in [6, 6.07) is 2.50. The van der Waals surface area contributed by atoms with Gasteiger partial charge in [-0.05, 0) is 18.6 Å². The highest BCUT2D eigenvalue weighted by Gasteiger charge is 2.15. The zero-order chi connectivity index (χ0) is 13.3. The quantitative estimate of drug-likeness (QED) is 0.879. The van der Waals surface area contributed by atoms with Crippen LogP contribution in [0, 0.1) is 18.6 Å². The Morgan fingerprint density at radius 1 is 1.22 bits per heavy atom. The Hall–Kier alpha value is -2.31. The van der Waals surface area contributed by atoms with E-state index in [0.717, 1.165) is 0 Å². The van der Waals surface area contributed by atoms with Crippen LogP contribution in [0.15, 0.2) is 16.9 Å². The van der Waals surface area contributed by atoms with Crippen molar-refractivity contribution in [1.82, 2.24) is 15.0 Å². The van der Waals surface area contributed by atoms with E-state index in [0.29, 0.717) is 0 Å². The van der Waals surface area contributed by atoms with Crippen LogP contribution in [-0.4, -0.2) is 22.1 Å². The normalized spacial score (nSPS) is 10.4. The molecule has 0 radical (unpaired) electrons. The van der Waals surface area contributed by atoms with Crippen molar-refractivity contribution in [2.45, 2.75) is 6.92 Å². The van der Waals surface area contributed by atoms with Gasteiger partial charge < -0.3 is 4.74 Å². The van der Waals surface area contributed by atoms with Gasteiger partial charge in [-0.2, -0.15) is 4.98 Å². The van der Waals surface area contributed by atoms with E-state index >= 15 is 0 Å². The fraction of sp³-hybridized carbons (Fsp3) is 0.182. The van der Waals surface area contributed by atoms with Gasteiger partial charge in [0.2, 0.25) is 0 Å². The lowest BCUT2D eigenvalue weighted by molar-refractivity contribution is 0.376. The predicted molar refractivity (Wildman–Crippen MR) is 59.3 cm³/mol. The number of aromatic amines is 1. The third-order valence-corrected chi connectivity index (χ3v) is 2.34. The Bertz CT molecular complexity index is 655. The summed E-state index contributed by atoms with van der Waals surface area (Å²) < 4.78 is 31.8. The van der Waals surface area contributed by atoms with Gasteiger partial charge in [0, 0.05) is 0 Å². The molecule has 1 aromatic heterocycles. The second kappa shape index (κ2) is 4.52. The van der Waals surface area contributed by atoms with Gasteiger partial charge in [0.25, 0.3) is 0 Å². The van der Waals surface area contributed by atoms with E-state index in [9.17, 15) is 13.6 Å². The fourth-order valence-electron chi connectivity index (χ4n) is 1.41. The van der Waals surface area contributed by atoms with E-state index in [4.69, 9.17) is 4.74 Å². The van der Waals surface area contributed by atoms with Gasteiger partial charge in [-0.25, -0.2) is 13.6 Å². The van der Waals surface area contributed by atoms with E-state index in [2.05, 4.69) is 15.0 Å². The molecule has 0 atom stereocenters. The van der Waals surface area contributed by atoms with Gasteiger partial charge in [-0.3, -0.25) is 4.98 Å². The van der Waals surface area contributed by atoms with Crippen molar-refractivity contribution in [2.75, 3.05) is 7.11 Å². The van der Waals surface area contributed by atoms with E-state index in [1.54, 1.807) is 0 Å². The first-order valence-electron chi connectivity index (χ1n) is 5.00. The summed E-state index contributed by atoms with van der Waals surface area (Å²) in [4.78, 5) is 20.6. The zero-order valence-corrected chi connectivity index (χ0v) is 9.62. The first-order chi connectivity index (χ1) is 8.52. The van der Waals surface area contributed by atoms with Gasteiger partial charge in [-0.1, -0.05) is 6.07 Å². The lowest BCUT2D eigenvalue weighted by Crippen LogP contribution is -2.14. The molecule has 94 valence electrons. The highest BCUT2D eigenvalue weighted by Crippen LogP contribution is 2.23. The molecule has 18 heavy (non-hydrogen) atoms. The van der Waals surface area contributed by atoms with Gasteiger partial charge in [0.1, 0.15) is 5.82 Å². The monoisotopic (exact) mass is 253 g/mol. The molecule has 0 aliphatic heterocycles. The minimum atomic E-state index is -1.08. The number of ether oxygens (including phenoxy) is 1. The minimum Gasteiger partial charge on any atom is -0.467 e. The summed E-state index contributed by atoms with van der Waals surface area (Å²) in [5, 5.41) is 0. The van der Waals surface area contributed by atoms with Crippen LogP contribution in [0.2, 0.25) is 0 Å². The molecule has 2 rings (SSSR count). The molecule has 0 amide bonds. The first kappa shape index (κ1) is 12.2. The Labute approximate surface area is 100 Å². The second-order valence-corrected chi connectivity index (χ2v) is 3.55. The number of hydrogen-bond acceptors (Lipinski definition) is 4. The predicted octanol–water partition coefficient (Wildman–Crippen LogP) is 1.43. The molecule has 1 N–H and O–H groups in total. The lowest BCUT2D eigenvalue weighted by atomic mass is 10.1. The van der Waals surface area contributed by atoms with E-state index in [1.807, 2.05) is 0 Å². The van der Waals surface area contributed by atoms with Crippen LogP contribution in [0.1, 0.15) is 5.56 Å². The van der Waals surface area contributed by atoms with Gasteiger partial charge in [-0.15, -0.1) is 4.98 Å². The van der Waals surface area contributed by atoms with Crippen molar-refractivity contribution in [3.8, 4) is 17.4 Å². The number of nitrogens with one attached hydrogen (secondary N) is 1. The Morgan fingerprint density at radius 3 is 2.61 bits per heavy atom. The summed E-state index contributed by atoms with van der Waals surface area (Å²) in [6.45, 7) is 1.44. The topological polar surface area (TPSA) is 67.9 Å².